The minimum absolute atomic E-state index is 0.0333. The number of rotatable bonds is 4. The van der Waals surface area contributed by atoms with Gasteiger partial charge in [0.25, 0.3) is 0 Å². The van der Waals surface area contributed by atoms with Gasteiger partial charge < -0.3 is 23.8 Å². The molecule has 162 valence electrons. The average molecular weight is 430 g/mol. The number of piperidine rings is 1. The maximum absolute atomic E-state index is 13.0. The fourth-order valence-corrected chi connectivity index (χ4v) is 4.50. The molecule has 32 heavy (non-hydrogen) atoms. The second-order valence-corrected chi connectivity index (χ2v) is 8.23. The van der Waals surface area contributed by atoms with Crippen LogP contribution < -0.4 is 9.47 Å². The summed E-state index contributed by atoms with van der Waals surface area (Å²) in [6.45, 7) is 1.56. The van der Waals surface area contributed by atoms with E-state index in [9.17, 15) is 4.79 Å². The van der Waals surface area contributed by atoms with Crippen LogP contribution in [0.5, 0.6) is 11.5 Å². The molecule has 8 nitrogen and oxygen atoms in total. The first-order valence-electron chi connectivity index (χ1n) is 10.8. The van der Waals surface area contributed by atoms with Crippen LogP contribution in [0.15, 0.2) is 53.1 Å². The van der Waals surface area contributed by atoms with E-state index in [1.165, 1.54) is 0 Å². The highest BCUT2D eigenvalue weighted by Crippen LogP contribution is 2.36. The molecule has 2 aliphatic heterocycles. The Hall–Kier alpha value is -3.81. The molecule has 1 fully saturated rings. The van der Waals surface area contributed by atoms with E-state index >= 15 is 0 Å². The summed E-state index contributed by atoms with van der Waals surface area (Å²) in [6.07, 6.45) is 4.13. The summed E-state index contributed by atoms with van der Waals surface area (Å²) in [7, 11) is 0. The van der Waals surface area contributed by atoms with Crippen LogP contribution in [-0.2, 0) is 11.2 Å². The SMILES string of the molecule is O=C(Cc1c[nH]c2ccccc12)N1CCCC(c2nnc(-c3ccc4c(c3)OCO4)o2)C1. The van der Waals surface area contributed by atoms with E-state index < -0.39 is 0 Å². The second-order valence-electron chi connectivity index (χ2n) is 8.23. The summed E-state index contributed by atoms with van der Waals surface area (Å²) < 4.78 is 16.8. The molecule has 1 saturated heterocycles. The van der Waals surface area contributed by atoms with Crippen LogP contribution in [0.2, 0.25) is 0 Å². The zero-order valence-corrected chi connectivity index (χ0v) is 17.4. The van der Waals surface area contributed by atoms with Crippen molar-refractivity contribution in [1.29, 1.82) is 0 Å². The van der Waals surface area contributed by atoms with Gasteiger partial charge in [-0.2, -0.15) is 0 Å². The number of amides is 1. The highest BCUT2D eigenvalue weighted by Gasteiger charge is 2.29. The van der Waals surface area contributed by atoms with E-state index in [0.717, 1.165) is 41.4 Å². The van der Waals surface area contributed by atoms with Gasteiger partial charge >= 0.3 is 0 Å². The Balaban J connectivity index is 1.16. The van der Waals surface area contributed by atoms with Gasteiger partial charge in [-0.25, -0.2) is 0 Å². The molecule has 1 unspecified atom stereocenters. The maximum atomic E-state index is 13.0. The predicted octanol–water partition coefficient (Wildman–Crippen LogP) is 3.90. The lowest BCUT2D eigenvalue weighted by molar-refractivity contribution is -0.131. The molecule has 2 aliphatic rings. The van der Waals surface area contributed by atoms with Crippen molar-refractivity contribution < 1.29 is 18.7 Å². The van der Waals surface area contributed by atoms with Crippen LogP contribution in [0.25, 0.3) is 22.4 Å². The number of nitrogens with one attached hydrogen (secondary N) is 1. The van der Waals surface area contributed by atoms with Crippen LogP contribution in [0, 0.1) is 0 Å². The van der Waals surface area contributed by atoms with Crippen molar-refractivity contribution in [2.45, 2.75) is 25.2 Å². The van der Waals surface area contributed by atoms with Crippen LogP contribution in [-0.4, -0.2) is 45.9 Å². The van der Waals surface area contributed by atoms with Crippen molar-refractivity contribution in [3.05, 3.63) is 60.1 Å². The van der Waals surface area contributed by atoms with Gasteiger partial charge in [-0.3, -0.25) is 4.79 Å². The first-order valence-corrected chi connectivity index (χ1v) is 10.8. The van der Waals surface area contributed by atoms with E-state index in [1.54, 1.807) is 0 Å². The van der Waals surface area contributed by atoms with Crippen molar-refractivity contribution in [1.82, 2.24) is 20.1 Å². The van der Waals surface area contributed by atoms with Gasteiger partial charge in [0.15, 0.2) is 11.5 Å². The third-order valence-corrected chi connectivity index (χ3v) is 6.20. The molecule has 6 rings (SSSR count). The Kier molecular flexibility index (Phi) is 4.56. The van der Waals surface area contributed by atoms with Gasteiger partial charge in [-0.1, -0.05) is 18.2 Å². The predicted molar refractivity (Wildman–Crippen MR) is 116 cm³/mol. The number of benzene rings is 2. The lowest BCUT2D eigenvalue weighted by atomic mass is 9.97. The zero-order valence-electron chi connectivity index (χ0n) is 17.4. The van der Waals surface area contributed by atoms with Gasteiger partial charge in [0.2, 0.25) is 24.5 Å². The molecule has 0 saturated carbocycles. The van der Waals surface area contributed by atoms with Crippen LogP contribution in [0.4, 0.5) is 0 Å². The van der Waals surface area contributed by atoms with Crippen molar-refractivity contribution in [3.8, 4) is 23.0 Å². The minimum atomic E-state index is 0.0333. The number of fused-ring (bicyclic) bond motifs is 2. The van der Waals surface area contributed by atoms with Gasteiger partial charge in [-0.05, 0) is 42.7 Å². The summed E-state index contributed by atoms with van der Waals surface area (Å²) >= 11 is 0. The van der Waals surface area contributed by atoms with Crippen LogP contribution >= 0.6 is 0 Å². The molecule has 1 atom stereocenters. The summed E-state index contributed by atoms with van der Waals surface area (Å²) in [5.41, 5.74) is 2.86. The number of ether oxygens (including phenoxy) is 2. The molecule has 0 spiro atoms. The average Bonchev–Trinajstić information content (AvgIpc) is 3.58. The summed E-state index contributed by atoms with van der Waals surface area (Å²) in [4.78, 5) is 18.2. The summed E-state index contributed by atoms with van der Waals surface area (Å²) in [6, 6.07) is 13.6. The zero-order chi connectivity index (χ0) is 21.5. The van der Waals surface area contributed by atoms with E-state index in [1.807, 2.05) is 53.6 Å². The van der Waals surface area contributed by atoms with Crippen LogP contribution in [0.1, 0.15) is 30.2 Å². The van der Waals surface area contributed by atoms with E-state index in [2.05, 4.69) is 15.2 Å². The summed E-state index contributed by atoms with van der Waals surface area (Å²) in [5, 5.41) is 9.62. The van der Waals surface area contributed by atoms with Gasteiger partial charge in [0, 0.05) is 35.8 Å². The fourth-order valence-electron chi connectivity index (χ4n) is 4.50. The molecule has 0 bridgehead atoms. The normalized spacial score (nSPS) is 17.8. The van der Waals surface area contributed by atoms with Crippen molar-refractivity contribution in [3.63, 3.8) is 0 Å². The Morgan fingerprint density at radius 3 is 3.00 bits per heavy atom. The summed E-state index contributed by atoms with van der Waals surface area (Å²) in [5.74, 6) is 2.56. The van der Waals surface area contributed by atoms with Crippen molar-refractivity contribution in [2.24, 2.45) is 0 Å². The van der Waals surface area contributed by atoms with Crippen molar-refractivity contribution in [2.75, 3.05) is 19.9 Å². The number of H-pyrrole nitrogens is 1. The molecule has 1 N–H and O–H groups in total. The van der Waals surface area contributed by atoms with Gasteiger partial charge in [0.1, 0.15) is 0 Å². The van der Waals surface area contributed by atoms with Gasteiger partial charge in [0.05, 0.1) is 12.3 Å². The molecule has 2 aromatic carbocycles. The number of aromatic nitrogens is 3. The third-order valence-electron chi connectivity index (χ3n) is 6.20. The second kappa shape index (κ2) is 7.71. The van der Waals surface area contributed by atoms with E-state index in [4.69, 9.17) is 13.9 Å². The Morgan fingerprint density at radius 2 is 2.03 bits per heavy atom. The molecule has 0 aliphatic carbocycles. The number of carbonyl (C=O) groups excluding carboxylic acids is 1. The smallest absolute Gasteiger partial charge is 0.247 e. The number of hydrogen-bond donors (Lipinski definition) is 1. The molecular formula is C24H22N4O4. The number of aromatic amines is 1. The first kappa shape index (κ1) is 18.9. The van der Waals surface area contributed by atoms with Crippen molar-refractivity contribution >= 4 is 16.8 Å². The molecule has 2 aromatic heterocycles. The highest BCUT2D eigenvalue weighted by molar-refractivity contribution is 5.89. The topological polar surface area (TPSA) is 93.5 Å². The molecule has 4 aromatic rings. The fraction of sp³-hybridized carbons (Fsp3) is 0.292. The first-order chi connectivity index (χ1) is 15.7. The largest absolute Gasteiger partial charge is 0.454 e. The standard InChI is InChI=1S/C24H22N4O4/c29-22(11-17-12-25-19-6-2-1-5-18(17)19)28-9-3-4-16(13-28)24-27-26-23(32-24)15-7-8-20-21(10-15)31-14-30-20/h1-2,5-8,10,12,16,25H,3-4,9,11,13-14H2. The number of likely N-dealkylation sites (tertiary alicyclic amines) is 1. The molecule has 4 heterocycles. The maximum Gasteiger partial charge on any atom is 0.247 e. The monoisotopic (exact) mass is 430 g/mol. The van der Waals surface area contributed by atoms with E-state index in [-0.39, 0.29) is 18.6 Å². The van der Waals surface area contributed by atoms with Crippen LogP contribution in [0.3, 0.4) is 0 Å². The number of nitrogens with zero attached hydrogens (tertiary/aromatic N) is 3. The molecular weight excluding hydrogens is 408 g/mol. The molecule has 0 radical (unpaired) electrons. The minimum Gasteiger partial charge on any atom is -0.454 e. The third kappa shape index (κ3) is 3.37. The Morgan fingerprint density at radius 1 is 1.12 bits per heavy atom. The number of hydrogen-bond acceptors (Lipinski definition) is 6. The molecule has 8 heteroatoms. The van der Waals surface area contributed by atoms with Gasteiger partial charge in [-0.15, -0.1) is 10.2 Å². The lowest BCUT2D eigenvalue weighted by Crippen LogP contribution is -2.40. The quantitative estimate of drug-likeness (QED) is 0.528. The lowest BCUT2D eigenvalue weighted by Gasteiger charge is -2.31. The highest BCUT2D eigenvalue weighted by atomic mass is 16.7. The Labute approximate surface area is 184 Å². The Bertz CT molecular complexity index is 1290. The van der Waals surface area contributed by atoms with E-state index in [0.29, 0.717) is 36.2 Å². The number of carbonyl (C=O) groups is 1. The molecule has 1 amide bonds. The number of para-hydroxylation sites is 1.